The molecule has 0 saturated carbocycles. The largest absolute Gasteiger partial charge is 0.495 e. The minimum absolute atomic E-state index is 0.232. The number of carbonyl (C=O) groups is 3. The second kappa shape index (κ2) is 5.81. The Morgan fingerprint density at radius 3 is 2.50 bits per heavy atom. The highest BCUT2D eigenvalue weighted by Gasteiger charge is 2.11. The van der Waals surface area contributed by atoms with Gasteiger partial charge in [-0.25, -0.2) is 0 Å². The number of hydrogen-bond donors (Lipinski definition) is 2. The molecule has 0 fully saturated rings. The minimum atomic E-state index is -0.611. The summed E-state index contributed by atoms with van der Waals surface area (Å²) in [7, 11) is 1.43. The Bertz CT molecular complexity index is 497. The van der Waals surface area contributed by atoms with Gasteiger partial charge in [0.15, 0.2) is 0 Å². The van der Waals surface area contributed by atoms with Crippen LogP contribution in [0.1, 0.15) is 23.7 Å². The Morgan fingerprint density at radius 2 is 2.00 bits per heavy atom. The SMILES string of the molecule is COc1ccc(C(N)=O)cc1NC(=O)CC(C)=O. The Kier molecular flexibility index (Phi) is 4.42. The van der Waals surface area contributed by atoms with Gasteiger partial charge in [0, 0.05) is 5.56 Å². The molecule has 1 rings (SSSR count). The molecule has 0 saturated heterocycles. The predicted molar refractivity (Wildman–Crippen MR) is 65.4 cm³/mol. The molecule has 1 aromatic carbocycles. The highest BCUT2D eigenvalue weighted by Crippen LogP contribution is 2.25. The van der Waals surface area contributed by atoms with Crippen molar-refractivity contribution in [3.8, 4) is 5.75 Å². The molecular formula is C12H14N2O4. The number of ketones is 1. The van der Waals surface area contributed by atoms with Crippen molar-refractivity contribution in [1.82, 2.24) is 0 Å². The van der Waals surface area contributed by atoms with E-state index < -0.39 is 11.8 Å². The number of hydrogen-bond acceptors (Lipinski definition) is 4. The van der Waals surface area contributed by atoms with Gasteiger partial charge in [0.2, 0.25) is 11.8 Å². The number of rotatable bonds is 5. The van der Waals surface area contributed by atoms with Crippen molar-refractivity contribution in [1.29, 1.82) is 0 Å². The number of amides is 2. The van der Waals surface area contributed by atoms with E-state index in [1.165, 1.54) is 32.2 Å². The van der Waals surface area contributed by atoms with Gasteiger partial charge in [0.1, 0.15) is 11.5 Å². The summed E-state index contributed by atoms with van der Waals surface area (Å²) < 4.78 is 5.03. The molecule has 1 aromatic rings. The maximum absolute atomic E-state index is 11.5. The Balaban J connectivity index is 2.97. The van der Waals surface area contributed by atoms with Crippen LogP contribution in [0, 0.1) is 0 Å². The maximum atomic E-state index is 11.5. The van der Waals surface area contributed by atoms with Crippen LogP contribution in [0.3, 0.4) is 0 Å². The van der Waals surface area contributed by atoms with Gasteiger partial charge >= 0.3 is 0 Å². The van der Waals surface area contributed by atoms with Crippen LogP contribution in [0.15, 0.2) is 18.2 Å². The first-order valence-corrected chi connectivity index (χ1v) is 5.21. The quantitative estimate of drug-likeness (QED) is 0.752. The smallest absolute Gasteiger partial charge is 0.248 e. The minimum Gasteiger partial charge on any atom is -0.495 e. The van der Waals surface area contributed by atoms with Crippen LogP contribution in [-0.2, 0) is 9.59 Å². The zero-order valence-electron chi connectivity index (χ0n) is 10.1. The fraction of sp³-hybridized carbons (Fsp3) is 0.250. The summed E-state index contributed by atoms with van der Waals surface area (Å²) in [6.07, 6.45) is -0.232. The zero-order chi connectivity index (χ0) is 13.7. The van der Waals surface area contributed by atoms with E-state index in [-0.39, 0.29) is 17.8 Å². The summed E-state index contributed by atoms with van der Waals surface area (Å²) >= 11 is 0. The van der Waals surface area contributed by atoms with Crippen molar-refractivity contribution in [3.63, 3.8) is 0 Å². The van der Waals surface area contributed by atoms with E-state index in [9.17, 15) is 14.4 Å². The van der Waals surface area contributed by atoms with Gasteiger partial charge in [-0.3, -0.25) is 14.4 Å². The third-order valence-corrected chi connectivity index (χ3v) is 2.17. The standard InChI is InChI=1S/C12H14N2O4/c1-7(15)5-11(16)14-9-6-8(12(13)17)3-4-10(9)18-2/h3-4,6H,5H2,1-2H3,(H2,13,17)(H,14,16). The molecule has 0 bridgehead atoms. The lowest BCUT2D eigenvalue weighted by Gasteiger charge is -2.10. The summed E-state index contributed by atoms with van der Waals surface area (Å²) in [5, 5.41) is 2.50. The van der Waals surface area contributed by atoms with Crippen molar-refractivity contribution < 1.29 is 19.1 Å². The third-order valence-electron chi connectivity index (χ3n) is 2.17. The van der Waals surface area contributed by atoms with Crippen molar-refractivity contribution >= 4 is 23.3 Å². The number of primary amides is 1. The van der Waals surface area contributed by atoms with Gasteiger partial charge in [-0.2, -0.15) is 0 Å². The molecule has 0 aliphatic rings. The summed E-state index contributed by atoms with van der Waals surface area (Å²) in [5.74, 6) is -0.948. The Hall–Kier alpha value is -2.37. The number of nitrogens with one attached hydrogen (secondary N) is 1. The Labute approximate surface area is 104 Å². The second-order valence-corrected chi connectivity index (χ2v) is 3.71. The molecule has 0 heterocycles. The van der Waals surface area contributed by atoms with Crippen LogP contribution in [0.25, 0.3) is 0 Å². The van der Waals surface area contributed by atoms with Gasteiger partial charge in [-0.15, -0.1) is 0 Å². The zero-order valence-corrected chi connectivity index (χ0v) is 10.1. The molecule has 0 radical (unpaired) electrons. The van der Waals surface area contributed by atoms with E-state index >= 15 is 0 Å². The van der Waals surface area contributed by atoms with Crippen molar-refractivity contribution in [2.75, 3.05) is 12.4 Å². The number of ether oxygens (including phenoxy) is 1. The van der Waals surface area contributed by atoms with Gasteiger partial charge in [-0.05, 0) is 25.1 Å². The number of benzene rings is 1. The predicted octanol–water partition coefficient (Wildman–Crippen LogP) is 0.712. The second-order valence-electron chi connectivity index (χ2n) is 3.71. The van der Waals surface area contributed by atoms with E-state index in [4.69, 9.17) is 10.5 Å². The highest BCUT2D eigenvalue weighted by atomic mass is 16.5. The van der Waals surface area contributed by atoms with Gasteiger partial charge in [-0.1, -0.05) is 0 Å². The molecule has 6 heteroatoms. The summed E-state index contributed by atoms with van der Waals surface area (Å²) in [6, 6.07) is 4.41. The molecule has 0 unspecified atom stereocenters. The summed E-state index contributed by atoms with van der Waals surface area (Å²) in [5.41, 5.74) is 5.69. The maximum Gasteiger partial charge on any atom is 0.248 e. The first kappa shape index (κ1) is 13.7. The molecule has 0 aromatic heterocycles. The number of methoxy groups -OCH3 is 1. The summed E-state index contributed by atoms with van der Waals surface area (Å²) in [4.78, 5) is 33.3. The topological polar surface area (TPSA) is 98.5 Å². The lowest BCUT2D eigenvalue weighted by molar-refractivity contribution is -0.124. The first-order chi connectivity index (χ1) is 8.43. The molecule has 3 N–H and O–H groups in total. The van der Waals surface area contributed by atoms with E-state index in [0.29, 0.717) is 11.4 Å². The van der Waals surface area contributed by atoms with Crippen molar-refractivity contribution in [2.45, 2.75) is 13.3 Å². The van der Waals surface area contributed by atoms with Gasteiger partial charge in [0.25, 0.3) is 0 Å². The normalized spacial score (nSPS) is 9.67. The Morgan fingerprint density at radius 1 is 1.33 bits per heavy atom. The van der Waals surface area contributed by atoms with Gasteiger partial charge < -0.3 is 15.8 Å². The average Bonchev–Trinajstić information content (AvgIpc) is 2.27. The molecule has 0 aliphatic carbocycles. The van der Waals surface area contributed by atoms with Crippen LogP contribution < -0.4 is 15.8 Å². The van der Waals surface area contributed by atoms with E-state index in [1.54, 1.807) is 0 Å². The van der Waals surface area contributed by atoms with Crippen LogP contribution in [0.2, 0.25) is 0 Å². The number of nitrogens with two attached hydrogens (primary N) is 1. The molecule has 0 atom stereocenters. The highest BCUT2D eigenvalue weighted by molar-refractivity contribution is 6.05. The lowest BCUT2D eigenvalue weighted by Crippen LogP contribution is -2.17. The van der Waals surface area contributed by atoms with Gasteiger partial charge in [0.05, 0.1) is 19.2 Å². The molecule has 2 amide bonds. The molecule has 18 heavy (non-hydrogen) atoms. The molecule has 0 spiro atoms. The molecule has 0 aliphatic heterocycles. The van der Waals surface area contributed by atoms with E-state index in [2.05, 4.69) is 5.32 Å². The summed E-state index contributed by atoms with van der Waals surface area (Å²) in [6.45, 7) is 1.32. The van der Waals surface area contributed by atoms with E-state index in [1.807, 2.05) is 0 Å². The first-order valence-electron chi connectivity index (χ1n) is 5.21. The lowest BCUT2D eigenvalue weighted by atomic mass is 10.1. The monoisotopic (exact) mass is 250 g/mol. The van der Waals surface area contributed by atoms with Crippen LogP contribution in [0.4, 0.5) is 5.69 Å². The molecular weight excluding hydrogens is 236 g/mol. The van der Waals surface area contributed by atoms with E-state index in [0.717, 1.165) is 0 Å². The van der Waals surface area contributed by atoms with Crippen LogP contribution in [-0.4, -0.2) is 24.7 Å². The fourth-order valence-corrected chi connectivity index (χ4v) is 1.38. The fourth-order valence-electron chi connectivity index (χ4n) is 1.38. The van der Waals surface area contributed by atoms with Crippen LogP contribution in [0.5, 0.6) is 5.75 Å². The third kappa shape index (κ3) is 3.58. The average molecular weight is 250 g/mol. The van der Waals surface area contributed by atoms with Crippen LogP contribution >= 0.6 is 0 Å². The van der Waals surface area contributed by atoms with Crippen molar-refractivity contribution in [3.05, 3.63) is 23.8 Å². The number of anilines is 1. The molecule has 6 nitrogen and oxygen atoms in total. The number of carbonyl (C=O) groups excluding carboxylic acids is 3. The number of Topliss-reactive ketones (excluding diaryl/α,β-unsaturated/α-hetero) is 1. The van der Waals surface area contributed by atoms with Crippen molar-refractivity contribution in [2.24, 2.45) is 5.73 Å². The molecule has 96 valence electrons.